The van der Waals surface area contributed by atoms with Gasteiger partial charge in [0.1, 0.15) is 6.54 Å². The topological polar surface area (TPSA) is 73.1 Å². The van der Waals surface area contributed by atoms with Crippen LogP contribution >= 0.6 is 11.3 Å². The van der Waals surface area contributed by atoms with Gasteiger partial charge in [0.05, 0.1) is 17.6 Å². The number of rotatable bonds is 6. The Bertz CT molecular complexity index is 1030. The number of carbonyl (C=O) groups is 1. The summed E-state index contributed by atoms with van der Waals surface area (Å²) in [6.45, 7) is 4.06. The summed E-state index contributed by atoms with van der Waals surface area (Å²) < 4.78 is 2.59. The van der Waals surface area contributed by atoms with Crippen molar-refractivity contribution in [3.63, 3.8) is 0 Å². The van der Waals surface area contributed by atoms with Gasteiger partial charge in [0, 0.05) is 11.4 Å². The quantitative estimate of drug-likeness (QED) is 0.541. The summed E-state index contributed by atoms with van der Waals surface area (Å²) in [5.74, 6) is -0.318. The van der Waals surface area contributed by atoms with Gasteiger partial charge in [-0.1, -0.05) is 24.3 Å². The molecule has 3 aromatic rings. The zero-order valence-electron chi connectivity index (χ0n) is 13.5. The molecule has 0 spiro atoms. The molecule has 128 valence electrons. The number of allylic oxidation sites excluding steroid dienone is 1. The predicted molar refractivity (Wildman–Crippen MR) is 98.8 cm³/mol. The lowest BCUT2D eigenvalue weighted by molar-refractivity contribution is -0.121. The number of carbonyl (C=O) groups excluding carboxylic acids is 1. The van der Waals surface area contributed by atoms with Gasteiger partial charge in [-0.05, 0) is 23.6 Å². The van der Waals surface area contributed by atoms with Crippen molar-refractivity contribution in [2.24, 2.45) is 0 Å². The van der Waals surface area contributed by atoms with Gasteiger partial charge < -0.3 is 5.32 Å². The van der Waals surface area contributed by atoms with Crippen LogP contribution in [0.2, 0.25) is 0 Å². The van der Waals surface area contributed by atoms with Crippen LogP contribution in [0.15, 0.2) is 64.0 Å². The molecule has 1 N–H and O–H groups in total. The van der Waals surface area contributed by atoms with Crippen molar-refractivity contribution >= 4 is 28.3 Å². The molecule has 25 heavy (non-hydrogen) atoms. The molecule has 0 radical (unpaired) electrons. The third-order valence-corrected chi connectivity index (χ3v) is 4.67. The fourth-order valence-corrected chi connectivity index (χ4v) is 3.28. The summed E-state index contributed by atoms with van der Waals surface area (Å²) in [5.41, 5.74) is -0.241. The summed E-state index contributed by atoms with van der Waals surface area (Å²) >= 11 is 1.54. The molecular formula is C18H17N3O3S. The standard InChI is InChI=1S/C18H17N3O3S/c1-2-9-20-14-7-3-4-8-15(14)21(18(24)17(20)23)12-16(22)19-11-13-6-5-10-25-13/h2-8,10H,1,9,11-12H2,(H,19,22). The Balaban J connectivity index is 1.96. The van der Waals surface area contributed by atoms with E-state index in [2.05, 4.69) is 11.9 Å². The monoisotopic (exact) mass is 355 g/mol. The SMILES string of the molecule is C=CCn1c(=O)c(=O)n(CC(=O)NCc2cccs2)c2ccccc21. The normalized spacial score (nSPS) is 10.7. The summed E-state index contributed by atoms with van der Waals surface area (Å²) in [6, 6.07) is 10.9. The molecule has 0 aliphatic carbocycles. The molecular weight excluding hydrogens is 338 g/mol. The molecule has 0 aliphatic rings. The van der Waals surface area contributed by atoms with E-state index in [9.17, 15) is 14.4 Å². The molecule has 6 nitrogen and oxygen atoms in total. The fraction of sp³-hybridized carbons (Fsp3) is 0.167. The molecule has 0 saturated carbocycles. The van der Waals surface area contributed by atoms with Crippen LogP contribution in [0.4, 0.5) is 0 Å². The second-order valence-electron chi connectivity index (χ2n) is 5.44. The van der Waals surface area contributed by atoms with E-state index in [1.807, 2.05) is 17.5 Å². The number of hydrogen-bond donors (Lipinski definition) is 1. The first kappa shape index (κ1) is 16.9. The molecule has 3 rings (SSSR count). The van der Waals surface area contributed by atoms with E-state index < -0.39 is 11.1 Å². The van der Waals surface area contributed by atoms with Crippen LogP contribution in [0.5, 0.6) is 0 Å². The average Bonchev–Trinajstić information content (AvgIpc) is 3.14. The van der Waals surface area contributed by atoms with E-state index >= 15 is 0 Å². The molecule has 2 aromatic heterocycles. The maximum atomic E-state index is 12.5. The Morgan fingerprint density at radius 1 is 1.08 bits per heavy atom. The van der Waals surface area contributed by atoms with Gasteiger partial charge in [-0.3, -0.25) is 23.5 Å². The van der Waals surface area contributed by atoms with Gasteiger partial charge in [0.25, 0.3) is 0 Å². The van der Waals surface area contributed by atoms with E-state index in [0.717, 1.165) is 4.88 Å². The number of benzene rings is 1. The van der Waals surface area contributed by atoms with Crippen molar-refractivity contribution in [2.45, 2.75) is 19.6 Å². The van der Waals surface area contributed by atoms with Gasteiger partial charge in [0.2, 0.25) is 5.91 Å². The van der Waals surface area contributed by atoms with E-state index in [1.165, 1.54) is 9.13 Å². The van der Waals surface area contributed by atoms with E-state index in [4.69, 9.17) is 0 Å². The number of nitrogens with zero attached hydrogens (tertiary/aromatic N) is 2. The zero-order chi connectivity index (χ0) is 17.8. The lowest BCUT2D eigenvalue weighted by Gasteiger charge is -2.13. The number of fused-ring (bicyclic) bond motifs is 1. The molecule has 0 saturated heterocycles. The van der Waals surface area contributed by atoms with Crippen LogP contribution in [0.25, 0.3) is 11.0 Å². The van der Waals surface area contributed by atoms with Gasteiger partial charge in [-0.25, -0.2) is 0 Å². The van der Waals surface area contributed by atoms with Crippen LogP contribution < -0.4 is 16.4 Å². The zero-order valence-corrected chi connectivity index (χ0v) is 14.3. The summed E-state index contributed by atoms with van der Waals surface area (Å²) in [5, 5.41) is 4.70. The summed E-state index contributed by atoms with van der Waals surface area (Å²) in [6.07, 6.45) is 1.56. The largest absolute Gasteiger partial charge is 0.350 e. The third-order valence-electron chi connectivity index (χ3n) is 3.79. The summed E-state index contributed by atoms with van der Waals surface area (Å²) in [7, 11) is 0. The maximum Gasteiger partial charge on any atom is 0.317 e. The average molecular weight is 355 g/mol. The van der Waals surface area contributed by atoms with Gasteiger partial charge >= 0.3 is 11.1 Å². The van der Waals surface area contributed by atoms with Crippen molar-refractivity contribution in [3.8, 4) is 0 Å². The molecule has 0 atom stereocenters. The van der Waals surface area contributed by atoms with Crippen molar-refractivity contribution in [1.82, 2.24) is 14.5 Å². The van der Waals surface area contributed by atoms with Gasteiger partial charge in [-0.15, -0.1) is 17.9 Å². The Morgan fingerprint density at radius 3 is 2.40 bits per heavy atom. The van der Waals surface area contributed by atoms with Gasteiger partial charge in [0.15, 0.2) is 0 Å². The number of hydrogen-bond acceptors (Lipinski definition) is 4. The van der Waals surface area contributed by atoms with Crippen molar-refractivity contribution in [3.05, 3.63) is 80.0 Å². The van der Waals surface area contributed by atoms with Crippen molar-refractivity contribution in [2.75, 3.05) is 0 Å². The number of nitrogens with one attached hydrogen (secondary N) is 1. The number of aromatic nitrogens is 2. The van der Waals surface area contributed by atoms with Gasteiger partial charge in [-0.2, -0.15) is 0 Å². The molecule has 0 aliphatic heterocycles. The fourth-order valence-electron chi connectivity index (χ4n) is 2.64. The minimum absolute atomic E-state index is 0.200. The van der Waals surface area contributed by atoms with Crippen LogP contribution in [0.1, 0.15) is 4.88 Å². The minimum atomic E-state index is -0.716. The Kier molecular flexibility index (Phi) is 4.95. The molecule has 0 fully saturated rings. The molecule has 1 aromatic carbocycles. The first-order chi connectivity index (χ1) is 12.1. The highest BCUT2D eigenvalue weighted by Gasteiger charge is 2.14. The maximum absolute atomic E-state index is 12.5. The van der Waals surface area contributed by atoms with Crippen LogP contribution in [0.3, 0.4) is 0 Å². The lowest BCUT2D eigenvalue weighted by atomic mass is 10.2. The van der Waals surface area contributed by atoms with Crippen LogP contribution in [-0.2, 0) is 24.4 Å². The molecule has 0 bridgehead atoms. The van der Waals surface area contributed by atoms with E-state index in [1.54, 1.807) is 41.7 Å². The molecule has 0 unspecified atom stereocenters. The highest BCUT2D eigenvalue weighted by molar-refractivity contribution is 7.09. The Hall–Kier alpha value is -2.93. The predicted octanol–water partition coefficient (Wildman–Crippen LogP) is 1.73. The summed E-state index contributed by atoms with van der Waals surface area (Å²) in [4.78, 5) is 38.1. The first-order valence-electron chi connectivity index (χ1n) is 7.74. The Labute approximate surface area is 147 Å². The lowest BCUT2D eigenvalue weighted by Crippen LogP contribution is -2.43. The van der Waals surface area contributed by atoms with E-state index in [0.29, 0.717) is 17.6 Å². The number of para-hydroxylation sites is 2. The van der Waals surface area contributed by atoms with E-state index in [-0.39, 0.29) is 19.0 Å². The highest BCUT2D eigenvalue weighted by atomic mass is 32.1. The highest BCUT2D eigenvalue weighted by Crippen LogP contribution is 2.11. The smallest absolute Gasteiger partial charge is 0.317 e. The second kappa shape index (κ2) is 7.31. The Morgan fingerprint density at radius 2 is 1.76 bits per heavy atom. The van der Waals surface area contributed by atoms with Crippen LogP contribution in [-0.4, -0.2) is 15.0 Å². The number of thiophene rings is 1. The number of amides is 1. The first-order valence-corrected chi connectivity index (χ1v) is 8.62. The molecule has 1 amide bonds. The molecule has 7 heteroatoms. The third kappa shape index (κ3) is 3.46. The van der Waals surface area contributed by atoms with Crippen molar-refractivity contribution < 1.29 is 4.79 Å². The second-order valence-corrected chi connectivity index (χ2v) is 6.47. The van der Waals surface area contributed by atoms with Crippen molar-refractivity contribution in [1.29, 1.82) is 0 Å². The minimum Gasteiger partial charge on any atom is -0.350 e. The molecule has 2 heterocycles. The van der Waals surface area contributed by atoms with Crippen LogP contribution in [0, 0.1) is 0 Å².